The fourth-order valence-electron chi connectivity index (χ4n) is 2.63. The number of likely N-dealkylation sites (tertiary alicyclic amines) is 1. The van der Waals surface area contributed by atoms with Gasteiger partial charge in [0.1, 0.15) is 11.9 Å². The molecule has 1 N–H and O–H groups in total. The average Bonchev–Trinajstić information content (AvgIpc) is 2.88. The minimum absolute atomic E-state index is 0.131. The summed E-state index contributed by atoms with van der Waals surface area (Å²) in [5.74, 6) is -1.58. The van der Waals surface area contributed by atoms with Crippen molar-refractivity contribution in [3.8, 4) is 0 Å². The maximum Gasteiger partial charge on any atom is 0.326 e. The van der Waals surface area contributed by atoms with Crippen molar-refractivity contribution in [1.29, 1.82) is 0 Å². The van der Waals surface area contributed by atoms with Crippen LogP contribution in [-0.2, 0) is 9.59 Å². The Morgan fingerprint density at radius 1 is 1.50 bits per heavy atom. The van der Waals surface area contributed by atoms with Crippen molar-refractivity contribution < 1.29 is 19.1 Å². The van der Waals surface area contributed by atoms with Crippen LogP contribution >= 0.6 is 0 Å². The second kappa shape index (κ2) is 6.03. The molecular weight excluding hydrogens is 261 g/mol. The zero-order chi connectivity index (χ0) is 14.7. The molecule has 1 aromatic rings. The van der Waals surface area contributed by atoms with Crippen LogP contribution in [0.2, 0.25) is 0 Å². The van der Waals surface area contributed by atoms with Crippen molar-refractivity contribution in [1.82, 2.24) is 4.90 Å². The summed E-state index contributed by atoms with van der Waals surface area (Å²) in [7, 11) is 0. The lowest BCUT2D eigenvalue weighted by Crippen LogP contribution is -2.40. The van der Waals surface area contributed by atoms with Gasteiger partial charge < -0.3 is 10.0 Å². The minimum atomic E-state index is -0.950. The van der Waals surface area contributed by atoms with E-state index < -0.39 is 12.0 Å². The number of hydrogen-bond acceptors (Lipinski definition) is 2. The molecule has 0 saturated carbocycles. The molecule has 5 heteroatoms. The summed E-state index contributed by atoms with van der Waals surface area (Å²) in [4.78, 5) is 24.7. The molecule has 0 spiro atoms. The van der Waals surface area contributed by atoms with E-state index in [9.17, 15) is 14.0 Å². The summed E-state index contributed by atoms with van der Waals surface area (Å²) in [6, 6.07) is 5.46. The lowest BCUT2D eigenvalue weighted by atomic mass is 9.97. The molecule has 1 heterocycles. The number of hydrogen-bond donors (Lipinski definition) is 1. The van der Waals surface area contributed by atoms with Crippen LogP contribution in [0.4, 0.5) is 4.39 Å². The van der Waals surface area contributed by atoms with Crippen molar-refractivity contribution in [2.45, 2.75) is 38.1 Å². The van der Waals surface area contributed by atoms with Gasteiger partial charge in [0.25, 0.3) is 0 Å². The molecule has 0 bridgehead atoms. The Morgan fingerprint density at radius 2 is 2.25 bits per heavy atom. The Bertz CT molecular complexity index is 518. The van der Waals surface area contributed by atoms with Crippen LogP contribution in [0.1, 0.15) is 37.7 Å². The summed E-state index contributed by atoms with van der Waals surface area (Å²) in [5, 5.41) is 9.08. The number of carboxylic acid groups (broad SMARTS) is 1. The number of rotatable bonds is 4. The Hall–Kier alpha value is -1.91. The van der Waals surface area contributed by atoms with Gasteiger partial charge in [0.05, 0.1) is 0 Å². The number of aliphatic carboxylic acids is 1. The van der Waals surface area contributed by atoms with Crippen molar-refractivity contribution in [3.63, 3.8) is 0 Å². The number of carboxylic acids is 1. The third-order valence-corrected chi connectivity index (χ3v) is 3.76. The second-order valence-corrected chi connectivity index (χ2v) is 5.24. The third kappa shape index (κ3) is 3.15. The Labute approximate surface area is 117 Å². The maximum atomic E-state index is 13.2. The van der Waals surface area contributed by atoms with Crippen LogP contribution in [0.3, 0.4) is 0 Å². The monoisotopic (exact) mass is 279 g/mol. The zero-order valence-electron chi connectivity index (χ0n) is 11.4. The lowest BCUT2D eigenvalue weighted by molar-refractivity contribution is -0.148. The number of amides is 1. The van der Waals surface area contributed by atoms with Gasteiger partial charge in [-0.15, -0.1) is 0 Å². The predicted octanol–water partition coefficient (Wildman–Crippen LogP) is 2.39. The largest absolute Gasteiger partial charge is 0.480 e. The van der Waals surface area contributed by atoms with Gasteiger partial charge in [0.15, 0.2) is 0 Å². The summed E-state index contributed by atoms with van der Waals surface area (Å²) < 4.78 is 13.2. The Kier molecular flexibility index (Phi) is 4.37. The Balaban J connectivity index is 2.02. The molecule has 4 nitrogen and oxygen atoms in total. The first-order valence-electron chi connectivity index (χ1n) is 6.76. The van der Waals surface area contributed by atoms with E-state index in [0.717, 1.165) is 12.0 Å². The molecule has 1 amide bonds. The van der Waals surface area contributed by atoms with Gasteiger partial charge in [-0.3, -0.25) is 4.79 Å². The fourth-order valence-corrected chi connectivity index (χ4v) is 2.63. The molecule has 1 aliphatic rings. The number of carbonyl (C=O) groups is 2. The van der Waals surface area contributed by atoms with Gasteiger partial charge >= 0.3 is 5.97 Å². The van der Waals surface area contributed by atoms with Gasteiger partial charge in [-0.2, -0.15) is 0 Å². The molecule has 2 unspecified atom stereocenters. The van der Waals surface area contributed by atoms with Gasteiger partial charge in [0, 0.05) is 13.0 Å². The van der Waals surface area contributed by atoms with E-state index in [0.29, 0.717) is 13.0 Å². The Morgan fingerprint density at radius 3 is 2.90 bits per heavy atom. The van der Waals surface area contributed by atoms with Crippen LogP contribution in [0, 0.1) is 5.82 Å². The third-order valence-electron chi connectivity index (χ3n) is 3.76. The molecule has 20 heavy (non-hydrogen) atoms. The summed E-state index contributed by atoms with van der Waals surface area (Å²) in [5.41, 5.74) is 0.754. The quantitative estimate of drug-likeness (QED) is 0.920. The van der Waals surface area contributed by atoms with Gasteiger partial charge in [-0.1, -0.05) is 19.1 Å². The topological polar surface area (TPSA) is 57.6 Å². The molecule has 1 aromatic carbocycles. The van der Waals surface area contributed by atoms with Crippen LogP contribution in [0.25, 0.3) is 0 Å². The highest BCUT2D eigenvalue weighted by atomic mass is 19.1. The second-order valence-electron chi connectivity index (χ2n) is 5.24. The van der Waals surface area contributed by atoms with E-state index in [1.807, 2.05) is 6.92 Å². The van der Waals surface area contributed by atoms with Gasteiger partial charge in [-0.05, 0) is 36.5 Å². The molecule has 0 aromatic heterocycles. The van der Waals surface area contributed by atoms with Crippen molar-refractivity contribution in [2.24, 2.45) is 0 Å². The van der Waals surface area contributed by atoms with E-state index in [-0.39, 0.29) is 24.1 Å². The van der Waals surface area contributed by atoms with Crippen LogP contribution in [0.15, 0.2) is 24.3 Å². The first kappa shape index (κ1) is 14.5. The van der Waals surface area contributed by atoms with Crippen LogP contribution in [0.5, 0.6) is 0 Å². The standard InChI is InChI=1S/C15H18FNO3/c1-10(11-4-2-5-12(16)9-11)8-14(18)17-7-3-6-13(17)15(19)20/h2,4-5,9-10,13H,3,6-8H2,1H3,(H,19,20). The van der Waals surface area contributed by atoms with Crippen LogP contribution in [-0.4, -0.2) is 34.5 Å². The van der Waals surface area contributed by atoms with Crippen molar-refractivity contribution in [2.75, 3.05) is 6.54 Å². The smallest absolute Gasteiger partial charge is 0.326 e. The van der Waals surface area contributed by atoms with Gasteiger partial charge in [0.2, 0.25) is 5.91 Å². The molecule has 1 fully saturated rings. The number of nitrogens with zero attached hydrogens (tertiary/aromatic N) is 1. The number of benzene rings is 1. The highest BCUT2D eigenvalue weighted by molar-refractivity contribution is 5.84. The summed E-state index contributed by atoms with van der Waals surface area (Å²) in [6.45, 7) is 2.34. The molecule has 2 atom stereocenters. The average molecular weight is 279 g/mol. The molecule has 2 rings (SSSR count). The SMILES string of the molecule is CC(CC(=O)N1CCCC1C(=O)O)c1cccc(F)c1. The normalized spacial score (nSPS) is 19.9. The molecule has 0 aliphatic carbocycles. The van der Waals surface area contributed by atoms with E-state index in [2.05, 4.69) is 0 Å². The highest BCUT2D eigenvalue weighted by Crippen LogP contribution is 2.24. The van der Waals surface area contributed by atoms with Gasteiger partial charge in [-0.25, -0.2) is 9.18 Å². The summed E-state index contributed by atoms with van der Waals surface area (Å²) in [6.07, 6.45) is 1.43. The highest BCUT2D eigenvalue weighted by Gasteiger charge is 2.34. The number of carbonyl (C=O) groups excluding carboxylic acids is 1. The lowest BCUT2D eigenvalue weighted by Gasteiger charge is -2.23. The van der Waals surface area contributed by atoms with Crippen LogP contribution < -0.4 is 0 Å². The van der Waals surface area contributed by atoms with E-state index >= 15 is 0 Å². The maximum absolute atomic E-state index is 13.2. The van der Waals surface area contributed by atoms with Crippen molar-refractivity contribution >= 4 is 11.9 Å². The molecular formula is C15H18FNO3. The van der Waals surface area contributed by atoms with E-state index in [1.54, 1.807) is 12.1 Å². The molecule has 1 saturated heterocycles. The molecule has 108 valence electrons. The summed E-state index contributed by atoms with van der Waals surface area (Å²) >= 11 is 0. The first-order chi connectivity index (χ1) is 9.49. The number of halogens is 1. The zero-order valence-corrected chi connectivity index (χ0v) is 11.4. The minimum Gasteiger partial charge on any atom is -0.480 e. The molecule has 1 aliphatic heterocycles. The van der Waals surface area contributed by atoms with Crippen molar-refractivity contribution in [3.05, 3.63) is 35.6 Å². The first-order valence-corrected chi connectivity index (χ1v) is 6.76. The predicted molar refractivity (Wildman–Crippen MR) is 71.8 cm³/mol. The fraction of sp³-hybridized carbons (Fsp3) is 0.467. The molecule has 0 radical (unpaired) electrons. The van der Waals surface area contributed by atoms with E-state index in [1.165, 1.54) is 17.0 Å². The van der Waals surface area contributed by atoms with E-state index in [4.69, 9.17) is 5.11 Å².